The summed E-state index contributed by atoms with van der Waals surface area (Å²) in [6, 6.07) is 9.28. The van der Waals surface area contributed by atoms with Gasteiger partial charge >= 0.3 is 0 Å². The zero-order valence-corrected chi connectivity index (χ0v) is 16.9. The fourth-order valence-electron chi connectivity index (χ4n) is 3.27. The van der Waals surface area contributed by atoms with Crippen LogP contribution >= 0.6 is 0 Å². The van der Waals surface area contributed by atoms with Gasteiger partial charge in [-0.15, -0.1) is 0 Å². The van der Waals surface area contributed by atoms with Gasteiger partial charge in [0.25, 0.3) is 5.91 Å². The Morgan fingerprint density at radius 3 is 2.69 bits per heavy atom. The molecule has 1 aromatic heterocycles. The second-order valence-electron chi connectivity index (χ2n) is 7.03. The highest BCUT2D eigenvalue weighted by atomic mass is 16.5. The molecule has 154 valence electrons. The summed E-state index contributed by atoms with van der Waals surface area (Å²) in [7, 11) is 1.64. The summed E-state index contributed by atoms with van der Waals surface area (Å²) in [5.74, 6) is 1.49. The second kappa shape index (κ2) is 11.1. The number of amides is 1. The summed E-state index contributed by atoms with van der Waals surface area (Å²) in [6.45, 7) is 1.77. The average molecular weight is 396 g/mol. The first-order valence-electron chi connectivity index (χ1n) is 10.2. The lowest BCUT2D eigenvalue weighted by Gasteiger charge is -2.13. The van der Waals surface area contributed by atoms with E-state index in [2.05, 4.69) is 21.7 Å². The third-order valence-corrected chi connectivity index (χ3v) is 4.88. The normalized spacial score (nSPS) is 13.3. The van der Waals surface area contributed by atoms with Crippen LogP contribution < -0.4 is 20.1 Å². The van der Waals surface area contributed by atoms with E-state index in [9.17, 15) is 4.79 Å². The predicted molar refractivity (Wildman–Crippen MR) is 115 cm³/mol. The van der Waals surface area contributed by atoms with Gasteiger partial charge in [-0.25, -0.2) is 0 Å². The average Bonchev–Trinajstić information content (AvgIpc) is 2.78. The number of nitrogens with one attached hydrogen (secondary N) is 2. The number of pyridine rings is 1. The van der Waals surface area contributed by atoms with Crippen LogP contribution in [0.1, 0.15) is 42.5 Å². The van der Waals surface area contributed by atoms with Gasteiger partial charge in [-0.3, -0.25) is 9.78 Å². The molecule has 29 heavy (non-hydrogen) atoms. The molecule has 0 saturated heterocycles. The molecule has 0 unspecified atom stereocenters. The van der Waals surface area contributed by atoms with Gasteiger partial charge in [0.15, 0.2) is 0 Å². The molecule has 1 aliphatic carbocycles. The van der Waals surface area contributed by atoms with Crippen LogP contribution in [-0.2, 0) is 0 Å². The van der Waals surface area contributed by atoms with E-state index in [-0.39, 0.29) is 5.91 Å². The maximum atomic E-state index is 12.4. The first-order chi connectivity index (χ1) is 14.2. The van der Waals surface area contributed by atoms with Crippen molar-refractivity contribution in [2.75, 3.05) is 32.1 Å². The number of allylic oxidation sites excluding steroid dienone is 1. The Morgan fingerprint density at radius 1 is 1.10 bits per heavy atom. The maximum Gasteiger partial charge on any atom is 0.252 e. The molecule has 1 amide bonds. The van der Waals surface area contributed by atoms with Gasteiger partial charge in [-0.1, -0.05) is 11.6 Å². The highest BCUT2D eigenvalue weighted by Gasteiger charge is 2.08. The number of carbonyl (C=O) groups excluding carboxylic acids is 1. The van der Waals surface area contributed by atoms with Gasteiger partial charge in [-0.2, -0.15) is 0 Å². The molecule has 0 aliphatic heterocycles. The summed E-state index contributed by atoms with van der Waals surface area (Å²) in [5, 5.41) is 6.23. The molecule has 2 aromatic rings. The molecule has 2 N–H and O–H groups in total. The molecule has 1 aromatic carbocycles. The van der Waals surface area contributed by atoms with Crippen LogP contribution in [-0.4, -0.2) is 37.7 Å². The lowest BCUT2D eigenvalue weighted by Crippen LogP contribution is -2.25. The number of rotatable bonds is 10. The molecule has 6 heteroatoms. The number of nitrogens with zero attached hydrogens (tertiary/aromatic N) is 1. The van der Waals surface area contributed by atoms with Crippen LogP contribution in [0.5, 0.6) is 11.5 Å². The van der Waals surface area contributed by atoms with E-state index >= 15 is 0 Å². The van der Waals surface area contributed by atoms with E-state index in [1.54, 1.807) is 19.5 Å². The molecule has 0 spiro atoms. The standard InChI is InChI=1S/C23H29N3O3/c1-28-21-7-9-22(10-8-21)29-14-13-25-20-15-19(16-24-17-20)23(27)26-12-11-18-5-3-2-4-6-18/h5,7-10,15-17,25H,2-4,6,11-14H2,1H3,(H,26,27). The molecule has 6 nitrogen and oxygen atoms in total. The highest BCUT2D eigenvalue weighted by molar-refractivity contribution is 5.94. The third kappa shape index (κ3) is 6.82. The van der Waals surface area contributed by atoms with Crippen LogP contribution in [0, 0.1) is 0 Å². The lowest BCUT2D eigenvalue weighted by atomic mass is 9.97. The molecule has 0 bridgehead atoms. The summed E-state index contributed by atoms with van der Waals surface area (Å²) < 4.78 is 10.8. The van der Waals surface area contributed by atoms with Crippen molar-refractivity contribution in [2.45, 2.75) is 32.1 Å². The number of methoxy groups -OCH3 is 1. The number of anilines is 1. The molecule has 0 fully saturated rings. The quantitative estimate of drug-likeness (QED) is 0.466. The molecular formula is C23H29N3O3. The number of ether oxygens (including phenoxy) is 2. The summed E-state index contributed by atoms with van der Waals surface area (Å²) in [5.41, 5.74) is 2.82. The Morgan fingerprint density at radius 2 is 1.93 bits per heavy atom. The van der Waals surface area contributed by atoms with Crippen LogP contribution in [0.2, 0.25) is 0 Å². The van der Waals surface area contributed by atoms with Crippen LogP contribution in [0.4, 0.5) is 5.69 Å². The van der Waals surface area contributed by atoms with Crippen LogP contribution in [0.3, 0.4) is 0 Å². The first kappa shape index (κ1) is 20.7. The largest absolute Gasteiger partial charge is 0.497 e. The molecule has 1 aliphatic rings. The SMILES string of the molecule is COc1ccc(OCCNc2cncc(C(=O)NCCC3=CCCCC3)c2)cc1. The lowest BCUT2D eigenvalue weighted by molar-refractivity contribution is 0.0953. The summed E-state index contributed by atoms with van der Waals surface area (Å²) >= 11 is 0. The Hall–Kier alpha value is -3.02. The van der Waals surface area contributed by atoms with Crippen molar-refractivity contribution in [1.82, 2.24) is 10.3 Å². The van der Waals surface area contributed by atoms with Gasteiger partial charge in [0.2, 0.25) is 0 Å². The van der Waals surface area contributed by atoms with Gasteiger partial charge in [0, 0.05) is 25.5 Å². The summed E-state index contributed by atoms with van der Waals surface area (Å²) in [6.07, 6.45) is 11.4. The molecule has 3 rings (SSSR count). The number of benzene rings is 1. The van der Waals surface area contributed by atoms with Gasteiger partial charge < -0.3 is 20.1 Å². The zero-order valence-electron chi connectivity index (χ0n) is 16.9. The van der Waals surface area contributed by atoms with Gasteiger partial charge in [-0.05, 0) is 62.4 Å². The van der Waals surface area contributed by atoms with Gasteiger partial charge in [0.1, 0.15) is 18.1 Å². The topological polar surface area (TPSA) is 72.5 Å². The molecule has 0 radical (unpaired) electrons. The Labute approximate surface area is 172 Å². The smallest absolute Gasteiger partial charge is 0.252 e. The number of carbonyl (C=O) groups is 1. The van der Waals surface area contributed by atoms with Crippen molar-refractivity contribution < 1.29 is 14.3 Å². The minimum Gasteiger partial charge on any atom is -0.497 e. The molecule has 0 atom stereocenters. The first-order valence-corrected chi connectivity index (χ1v) is 10.2. The molecule has 0 saturated carbocycles. The van der Waals surface area contributed by atoms with Crippen molar-refractivity contribution in [3.63, 3.8) is 0 Å². The van der Waals surface area contributed by atoms with Crippen molar-refractivity contribution in [2.24, 2.45) is 0 Å². The Kier molecular flexibility index (Phi) is 7.92. The third-order valence-electron chi connectivity index (χ3n) is 4.88. The van der Waals surface area contributed by atoms with E-state index in [1.165, 1.54) is 24.8 Å². The minimum absolute atomic E-state index is 0.0907. The Balaban J connectivity index is 1.39. The fraction of sp³-hybridized carbons (Fsp3) is 0.391. The number of hydrogen-bond acceptors (Lipinski definition) is 5. The zero-order chi connectivity index (χ0) is 20.3. The number of hydrogen-bond donors (Lipinski definition) is 2. The predicted octanol–water partition coefficient (Wildman–Crippen LogP) is 4.20. The summed E-state index contributed by atoms with van der Waals surface area (Å²) in [4.78, 5) is 16.5. The maximum absolute atomic E-state index is 12.4. The van der Waals surface area contributed by atoms with E-state index in [0.717, 1.165) is 30.0 Å². The highest BCUT2D eigenvalue weighted by Crippen LogP contribution is 2.19. The van der Waals surface area contributed by atoms with E-state index < -0.39 is 0 Å². The molecule has 1 heterocycles. The van der Waals surface area contributed by atoms with Crippen molar-refractivity contribution >= 4 is 11.6 Å². The van der Waals surface area contributed by atoms with Gasteiger partial charge in [0.05, 0.1) is 18.4 Å². The van der Waals surface area contributed by atoms with Crippen molar-refractivity contribution in [3.05, 3.63) is 59.9 Å². The van der Waals surface area contributed by atoms with E-state index in [1.807, 2.05) is 30.3 Å². The molecular weight excluding hydrogens is 366 g/mol. The van der Waals surface area contributed by atoms with Crippen molar-refractivity contribution in [3.8, 4) is 11.5 Å². The second-order valence-corrected chi connectivity index (χ2v) is 7.03. The fourth-order valence-corrected chi connectivity index (χ4v) is 3.27. The minimum atomic E-state index is -0.0907. The van der Waals surface area contributed by atoms with Crippen LogP contribution in [0.15, 0.2) is 54.4 Å². The monoisotopic (exact) mass is 395 g/mol. The van der Waals surface area contributed by atoms with Crippen molar-refractivity contribution in [1.29, 1.82) is 0 Å². The van der Waals surface area contributed by atoms with E-state index in [0.29, 0.717) is 25.3 Å². The van der Waals surface area contributed by atoms with Crippen LogP contribution in [0.25, 0.3) is 0 Å². The number of aromatic nitrogens is 1. The van der Waals surface area contributed by atoms with E-state index in [4.69, 9.17) is 9.47 Å². The Bertz CT molecular complexity index is 818.